The number of rotatable bonds is 4. The highest BCUT2D eigenvalue weighted by molar-refractivity contribution is 7.86. The summed E-state index contributed by atoms with van der Waals surface area (Å²) in [5.41, 5.74) is 3.43. The summed E-state index contributed by atoms with van der Waals surface area (Å²) in [6.45, 7) is 0.984. The molecule has 124 valence electrons. The van der Waals surface area contributed by atoms with E-state index in [2.05, 4.69) is 15.0 Å². The Balaban J connectivity index is 1.91. The second kappa shape index (κ2) is 6.60. The highest BCUT2D eigenvalue weighted by Gasteiger charge is 2.33. The Labute approximate surface area is 140 Å². The van der Waals surface area contributed by atoms with Crippen LogP contribution in [0.15, 0.2) is 24.1 Å². The van der Waals surface area contributed by atoms with Crippen molar-refractivity contribution in [1.82, 2.24) is 23.6 Å². The summed E-state index contributed by atoms with van der Waals surface area (Å²) in [6.07, 6.45) is 6.82. The van der Waals surface area contributed by atoms with E-state index in [0.29, 0.717) is 13.1 Å². The fourth-order valence-electron chi connectivity index (χ4n) is 2.78. The Morgan fingerprint density at radius 2 is 2.09 bits per heavy atom. The van der Waals surface area contributed by atoms with Gasteiger partial charge in [-0.15, -0.1) is 11.3 Å². The van der Waals surface area contributed by atoms with E-state index in [1.165, 1.54) is 19.9 Å². The molecule has 1 aliphatic rings. The molecule has 1 fully saturated rings. The summed E-state index contributed by atoms with van der Waals surface area (Å²) < 4.78 is 27.6. The van der Waals surface area contributed by atoms with Gasteiger partial charge in [-0.3, -0.25) is 15.0 Å². The molecule has 1 saturated heterocycles. The van der Waals surface area contributed by atoms with Crippen molar-refractivity contribution < 1.29 is 8.42 Å². The van der Waals surface area contributed by atoms with E-state index in [0.717, 1.165) is 29.1 Å². The van der Waals surface area contributed by atoms with Gasteiger partial charge in [0.1, 0.15) is 5.69 Å². The molecule has 3 rings (SSSR count). The average Bonchev–Trinajstić information content (AvgIpc) is 3.09. The van der Waals surface area contributed by atoms with Crippen molar-refractivity contribution in [2.75, 3.05) is 27.2 Å². The van der Waals surface area contributed by atoms with Gasteiger partial charge in [0.05, 0.1) is 16.1 Å². The molecule has 2 aromatic rings. The molecule has 0 saturated carbocycles. The van der Waals surface area contributed by atoms with Crippen molar-refractivity contribution >= 4 is 21.5 Å². The molecule has 0 N–H and O–H groups in total. The predicted octanol–water partition coefficient (Wildman–Crippen LogP) is 1.59. The van der Waals surface area contributed by atoms with Crippen LogP contribution in [0.5, 0.6) is 0 Å². The molecule has 0 amide bonds. The van der Waals surface area contributed by atoms with E-state index in [4.69, 9.17) is 0 Å². The highest BCUT2D eigenvalue weighted by atomic mass is 32.2. The van der Waals surface area contributed by atoms with Gasteiger partial charge < -0.3 is 0 Å². The number of piperidine rings is 1. The lowest BCUT2D eigenvalue weighted by Gasteiger charge is -2.33. The lowest BCUT2D eigenvalue weighted by atomic mass is 9.94. The summed E-state index contributed by atoms with van der Waals surface area (Å²) >= 11 is 1.51. The van der Waals surface area contributed by atoms with Crippen molar-refractivity contribution in [1.29, 1.82) is 0 Å². The minimum Gasteiger partial charge on any atom is -0.257 e. The third kappa shape index (κ3) is 3.27. The second-order valence-corrected chi connectivity index (χ2v) is 8.67. The Bertz CT molecular complexity index is 761. The maximum absolute atomic E-state index is 12.4. The Hall–Kier alpha value is -1.42. The largest absolute Gasteiger partial charge is 0.281 e. The molecule has 2 aromatic heterocycles. The van der Waals surface area contributed by atoms with Gasteiger partial charge >= 0.3 is 0 Å². The zero-order valence-electron chi connectivity index (χ0n) is 13.1. The molecule has 7 nitrogen and oxygen atoms in total. The van der Waals surface area contributed by atoms with Crippen LogP contribution < -0.4 is 0 Å². The van der Waals surface area contributed by atoms with Gasteiger partial charge in [0.2, 0.25) is 0 Å². The SMILES string of the molecule is CN(C)S(=O)(=O)N1CCCC(c2nccnc2-c2cncs2)C1. The van der Waals surface area contributed by atoms with Crippen molar-refractivity contribution in [3.05, 3.63) is 29.8 Å². The molecule has 1 aliphatic heterocycles. The van der Waals surface area contributed by atoms with Crippen LogP contribution in [-0.4, -0.2) is 59.2 Å². The first-order valence-electron chi connectivity index (χ1n) is 7.37. The maximum Gasteiger partial charge on any atom is 0.281 e. The first-order valence-corrected chi connectivity index (χ1v) is 9.65. The Morgan fingerprint density at radius 3 is 2.78 bits per heavy atom. The van der Waals surface area contributed by atoms with Gasteiger partial charge in [-0.1, -0.05) is 0 Å². The fraction of sp³-hybridized carbons (Fsp3) is 0.500. The van der Waals surface area contributed by atoms with Crippen molar-refractivity contribution in [3.63, 3.8) is 0 Å². The van der Waals surface area contributed by atoms with E-state index in [1.807, 2.05) is 0 Å². The fourth-order valence-corrected chi connectivity index (χ4v) is 4.59. The molecular formula is C14H19N5O2S2. The second-order valence-electron chi connectivity index (χ2n) is 5.64. The van der Waals surface area contributed by atoms with Gasteiger partial charge in [-0.05, 0) is 12.8 Å². The predicted molar refractivity (Wildman–Crippen MR) is 89.3 cm³/mol. The molecule has 1 atom stereocenters. The standard InChI is InChI=1S/C14H19N5O2S2/c1-18(2)23(20,21)19-7-3-4-11(9-19)13-14(17-6-5-16-13)12-8-15-10-22-12/h5-6,8,10-11H,3-4,7,9H2,1-2H3. The van der Waals surface area contributed by atoms with E-state index in [9.17, 15) is 8.42 Å². The van der Waals surface area contributed by atoms with Crippen molar-refractivity contribution in [2.45, 2.75) is 18.8 Å². The van der Waals surface area contributed by atoms with Gasteiger partial charge in [-0.25, -0.2) is 0 Å². The molecule has 3 heterocycles. The molecule has 0 aliphatic carbocycles. The number of thiazole rings is 1. The number of aromatic nitrogens is 3. The van der Waals surface area contributed by atoms with Crippen LogP contribution in [0.25, 0.3) is 10.6 Å². The topological polar surface area (TPSA) is 79.3 Å². The number of hydrogen-bond donors (Lipinski definition) is 0. The van der Waals surface area contributed by atoms with Gasteiger partial charge in [0, 0.05) is 51.7 Å². The molecule has 1 unspecified atom stereocenters. The molecule has 0 aromatic carbocycles. The molecule has 0 radical (unpaired) electrons. The summed E-state index contributed by atoms with van der Waals surface area (Å²) in [7, 11) is -0.280. The smallest absolute Gasteiger partial charge is 0.257 e. The van der Waals surface area contributed by atoms with E-state index in [-0.39, 0.29) is 5.92 Å². The van der Waals surface area contributed by atoms with Gasteiger partial charge in [0.15, 0.2) is 0 Å². The average molecular weight is 353 g/mol. The van der Waals surface area contributed by atoms with Crippen molar-refractivity contribution in [3.8, 4) is 10.6 Å². The third-order valence-electron chi connectivity index (χ3n) is 3.95. The van der Waals surface area contributed by atoms with Crippen LogP contribution in [0.1, 0.15) is 24.5 Å². The third-order valence-corrected chi connectivity index (χ3v) is 6.64. The zero-order chi connectivity index (χ0) is 16.4. The van der Waals surface area contributed by atoms with E-state index < -0.39 is 10.2 Å². The van der Waals surface area contributed by atoms with Crippen LogP contribution in [-0.2, 0) is 10.2 Å². The lowest BCUT2D eigenvalue weighted by molar-refractivity contribution is 0.296. The highest BCUT2D eigenvalue weighted by Crippen LogP contribution is 2.33. The summed E-state index contributed by atoms with van der Waals surface area (Å²) in [5.74, 6) is 0.0456. The van der Waals surface area contributed by atoms with Crippen LogP contribution in [0.2, 0.25) is 0 Å². The number of nitrogens with zero attached hydrogens (tertiary/aromatic N) is 5. The monoisotopic (exact) mass is 353 g/mol. The molecule has 23 heavy (non-hydrogen) atoms. The zero-order valence-corrected chi connectivity index (χ0v) is 14.7. The van der Waals surface area contributed by atoms with Crippen molar-refractivity contribution in [2.24, 2.45) is 0 Å². The van der Waals surface area contributed by atoms with E-state index >= 15 is 0 Å². The van der Waals surface area contributed by atoms with Gasteiger partial charge in [-0.2, -0.15) is 17.0 Å². The minimum absolute atomic E-state index is 0.0456. The lowest BCUT2D eigenvalue weighted by Crippen LogP contribution is -2.45. The first-order chi connectivity index (χ1) is 11.0. The quantitative estimate of drug-likeness (QED) is 0.834. The first kappa shape index (κ1) is 16.4. The molecule has 9 heteroatoms. The summed E-state index contributed by atoms with van der Waals surface area (Å²) in [4.78, 5) is 14.0. The number of hydrogen-bond acceptors (Lipinski definition) is 6. The van der Waals surface area contributed by atoms with Crippen LogP contribution in [0, 0.1) is 0 Å². The minimum atomic E-state index is -3.40. The van der Waals surface area contributed by atoms with Crippen LogP contribution >= 0.6 is 11.3 Å². The van der Waals surface area contributed by atoms with Crippen LogP contribution in [0.3, 0.4) is 0 Å². The Kier molecular flexibility index (Phi) is 4.72. The normalized spacial score (nSPS) is 20.0. The van der Waals surface area contributed by atoms with E-state index in [1.54, 1.807) is 38.2 Å². The Morgan fingerprint density at radius 1 is 1.30 bits per heavy atom. The molecule has 0 bridgehead atoms. The molecule has 0 spiro atoms. The summed E-state index contributed by atoms with van der Waals surface area (Å²) in [5, 5.41) is 0. The maximum atomic E-state index is 12.4. The van der Waals surface area contributed by atoms with Gasteiger partial charge in [0.25, 0.3) is 10.2 Å². The summed E-state index contributed by atoms with van der Waals surface area (Å²) in [6, 6.07) is 0. The van der Waals surface area contributed by atoms with Crippen LogP contribution in [0.4, 0.5) is 0 Å². The molecular weight excluding hydrogens is 334 g/mol.